The minimum Gasteiger partial charge on any atom is -0.353 e. The Hall–Kier alpha value is -2.18. The zero-order valence-corrected chi connectivity index (χ0v) is 16.0. The quantitative estimate of drug-likeness (QED) is 0.826. The minimum atomic E-state index is -0.310. The van der Waals surface area contributed by atoms with Crippen molar-refractivity contribution in [3.63, 3.8) is 0 Å². The van der Waals surface area contributed by atoms with Crippen LogP contribution in [0.15, 0.2) is 18.2 Å². The van der Waals surface area contributed by atoms with Gasteiger partial charge in [0.15, 0.2) is 0 Å². The van der Waals surface area contributed by atoms with Gasteiger partial charge in [-0.25, -0.2) is 9.97 Å². The summed E-state index contributed by atoms with van der Waals surface area (Å²) in [5, 5.41) is 6.50. The predicted molar refractivity (Wildman–Crippen MR) is 103 cm³/mol. The number of aromatic nitrogens is 2. The molecule has 0 aliphatic rings. The molecular formula is C18H24ClN5O. The lowest BCUT2D eigenvalue weighted by Crippen LogP contribution is -2.22. The summed E-state index contributed by atoms with van der Waals surface area (Å²) in [6.45, 7) is 7.25. The van der Waals surface area contributed by atoms with E-state index in [9.17, 15) is 4.79 Å². The maximum Gasteiger partial charge on any atom is 0.274 e. The number of hydrogen-bond acceptors (Lipinski definition) is 5. The molecule has 1 aromatic heterocycles. The fourth-order valence-electron chi connectivity index (χ4n) is 2.41. The van der Waals surface area contributed by atoms with Crippen LogP contribution in [0, 0.1) is 20.8 Å². The first-order valence-electron chi connectivity index (χ1n) is 8.08. The minimum absolute atomic E-state index is 0.302. The second-order valence-electron chi connectivity index (χ2n) is 6.34. The molecule has 1 amide bonds. The summed E-state index contributed by atoms with van der Waals surface area (Å²) in [6, 6.07) is 5.45. The highest BCUT2D eigenvalue weighted by Crippen LogP contribution is 2.27. The summed E-state index contributed by atoms with van der Waals surface area (Å²) in [5.41, 5.74) is 3.59. The van der Waals surface area contributed by atoms with Gasteiger partial charge in [0.1, 0.15) is 5.69 Å². The standard InChI is InChI=1S/C18H24ClN5O/c1-11-8-12(2)16(14(19)9-11)23-17(25)15-10-13(3)21-18(22-15)20-6-7-24(4)5/h8-10H,6-7H2,1-5H3,(H,23,25)(H,20,21,22). The van der Waals surface area contributed by atoms with E-state index in [1.807, 2.05) is 47.0 Å². The third kappa shape index (κ3) is 5.41. The summed E-state index contributed by atoms with van der Waals surface area (Å²) >= 11 is 6.26. The summed E-state index contributed by atoms with van der Waals surface area (Å²) in [5.74, 6) is 0.133. The third-order valence-electron chi connectivity index (χ3n) is 3.60. The van der Waals surface area contributed by atoms with Crippen LogP contribution in [0.1, 0.15) is 27.3 Å². The number of amides is 1. The van der Waals surface area contributed by atoms with Crippen LogP contribution in [0.25, 0.3) is 0 Å². The lowest BCUT2D eigenvalue weighted by atomic mass is 10.1. The smallest absolute Gasteiger partial charge is 0.274 e. The average molecular weight is 362 g/mol. The zero-order chi connectivity index (χ0) is 18.6. The highest BCUT2D eigenvalue weighted by Gasteiger charge is 2.14. The number of anilines is 2. The molecule has 2 rings (SSSR count). The van der Waals surface area contributed by atoms with Gasteiger partial charge >= 0.3 is 0 Å². The Morgan fingerprint density at radius 1 is 1.16 bits per heavy atom. The molecule has 0 radical (unpaired) electrons. The summed E-state index contributed by atoms with van der Waals surface area (Å²) in [4.78, 5) is 23.3. The van der Waals surface area contributed by atoms with Crippen molar-refractivity contribution in [1.82, 2.24) is 14.9 Å². The molecule has 0 atom stereocenters. The van der Waals surface area contributed by atoms with Gasteiger partial charge in [0.25, 0.3) is 5.91 Å². The molecule has 1 heterocycles. The highest BCUT2D eigenvalue weighted by atomic mass is 35.5. The van der Waals surface area contributed by atoms with E-state index in [2.05, 4.69) is 25.5 Å². The maximum atomic E-state index is 12.6. The van der Waals surface area contributed by atoms with E-state index in [1.54, 1.807) is 6.07 Å². The molecule has 6 nitrogen and oxygen atoms in total. The van der Waals surface area contributed by atoms with E-state index < -0.39 is 0 Å². The van der Waals surface area contributed by atoms with Crippen LogP contribution in [0.3, 0.4) is 0 Å². The van der Waals surface area contributed by atoms with Gasteiger partial charge < -0.3 is 15.5 Å². The first kappa shape index (κ1) is 19.1. The molecule has 134 valence electrons. The second kappa shape index (κ2) is 8.27. The lowest BCUT2D eigenvalue weighted by molar-refractivity contribution is 0.102. The van der Waals surface area contributed by atoms with Crippen molar-refractivity contribution in [3.05, 3.63) is 45.7 Å². The van der Waals surface area contributed by atoms with Crippen LogP contribution in [0.5, 0.6) is 0 Å². The van der Waals surface area contributed by atoms with E-state index in [4.69, 9.17) is 11.6 Å². The van der Waals surface area contributed by atoms with Crippen LogP contribution < -0.4 is 10.6 Å². The average Bonchev–Trinajstić information content (AvgIpc) is 2.49. The van der Waals surface area contributed by atoms with Gasteiger partial charge in [0.05, 0.1) is 10.7 Å². The topological polar surface area (TPSA) is 70.2 Å². The molecule has 0 saturated heterocycles. The number of rotatable bonds is 6. The van der Waals surface area contributed by atoms with Crippen molar-refractivity contribution in [2.75, 3.05) is 37.8 Å². The van der Waals surface area contributed by atoms with Crippen molar-refractivity contribution in [2.24, 2.45) is 0 Å². The summed E-state index contributed by atoms with van der Waals surface area (Å²) in [7, 11) is 3.98. The van der Waals surface area contributed by atoms with E-state index in [-0.39, 0.29) is 5.91 Å². The number of hydrogen-bond donors (Lipinski definition) is 2. The van der Waals surface area contributed by atoms with Gasteiger partial charge in [0.2, 0.25) is 5.95 Å². The third-order valence-corrected chi connectivity index (χ3v) is 3.90. The first-order chi connectivity index (χ1) is 11.8. The molecule has 0 unspecified atom stereocenters. The molecule has 25 heavy (non-hydrogen) atoms. The molecule has 0 aliphatic carbocycles. The number of aryl methyl sites for hydroxylation is 3. The first-order valence-corrected chi connectivity index (χ1v) is 8.46. The van der Waals surface area contributed by atoms with Crippen LogP contribution in [-0.2, 0) is 0 Å². The van der Waals surface area contributed by atoms with Crippen molar-refractivity contribution in [3.8, 4) is 0 Å². The molecular weight excluding hydrogens is 338 g/mol. The molecule has 2 N–H and O–H groups in total. The Balaban J connectivity index is 2.18. The molecule has 0 aliphatic heterocycles. The van der Waals surface area contributed by atoms with Crippen molar-refractivity contribution in [2.45, 2.75) is 20.8 Å². The number of nitrogens with one attached hydrogen (secondary N) is 2. The van der Waals surface area contributed by atoms with Crippen LogP contribution in [0.4, 0.5) is 11.6 Å². The van der Waals surface area contributed by atoms with Gasteiger partial charge in [-0.15, -0.1) is 0 Å². The van der Waals surface area contributed by atoms with Crippen LogP contribution in [0.2, 0.25) is 5.02 Å². The SMILES string of the molecule is Cc1cc(C)c(NC(=O)c2cc(C)nc(NCCN(C)C)n2)c(Cl)c1. The molecule has 1 aromatic carbocycles. The number of carbonyl (C=O) groups is 1. The normalized spacial score (nSPS) is 10.8. The Morgan fingerprint density at radius 2 is 1.88 bits per heavy atom. The zero-order valence-electron chi connectivity index (χ0n) is 15.3. The number of benzene rings is 1. The van der Waals surface area contributed by atoms with E-state index in [0.29, 0.717) is 28.9 Å². The number of halogens is 1. The van der Waals surface area contributed by atoms with Gasteiger partial charge in [-0.05, 0) is 58.1 Å². The molecule has 0 saturated carbocycles. The Bertz CT molecular complexity index is 753. The largest absolute Gasteiger partial charge is 0.353 e. The van der Waals surface area contributed by atoms with E-state index >= 15 is 0 Å². The van der Waals surface area contributed by atoms with E-state index in [0.717, 1.165) is 23.4 Å². The fourth-order valence-corrected chi connectivity index (χ4v) is 2.78. The molecule has 0 bridgehead atoms. The van der Waals surface area contributed by atoms with E-state index in [1.165, 1.54) is 0 Å². The summed E-state index contributed by atoms with van der Waals surface area (Å²) < 4.78 is 0. The molecule has 7 heteroatoms. The Labute approximate surface area is 153 Å². The van der Waals surface area contributed by atoms with Gasteiger partial charge in [0, 0.05) is 18.8 Å². The van der Waals surface area contributed by atoms with Crippen molar-refractivity contribution in [1.29, 1.82) is 0 Å². The lowest BCUT2D eigenvalue weighted by Gasteiger charge is -2.13. The second-order valence-corrected chi connectivity index (χ2v) is 6.75. The number of carbonyl (C=O) groups excluding carboxylic acids is 1. The van der Waals surface area contributed by atoms with Gasteiger partial charge in [-0.3, -0.25) is 4.79 Å². The van der Waals surface area contributed by atoms with Crippen LogP contribution in [-0.4, -0.2) is 48.0 Å². The number of likely N-dealkylation sites (N-methyl/N-ethyl adjacent to an activating group) is 1. The maximum absolute atomic E-state index is 12.6. The molecule has 0 spiro atoms. The van der Waals surface area contributed by atoms with Gasteiger partial charge in [-0.2, -0.15) is 0 Å². The van der Waals surface area contributed by atoms with Crippen molar-refractivity contribution >= 4 is 29.1 Å². The monoisotopic (exact) mass is 361 g/mol. The van der Waals surface area contributed by atoms with Gasteiger partial charge in [-0.1, -0.05) is 17.7 Å². The predicted octanol–water partition coefficient (Wildman–Crippen LogP) is 3.28. The van der Waals surface area contributed by atoms with Crippen LogP contribution >= 0.6 is 11.6 Å². The van der Waals surface area contributed by atoms with Crippen molar-refractivity contribution < 1.29 is 4.79 Å². The molecule has 0 fully saturated rings. The molecule has 2 aromatic rings. The Kier molecular flexibility index (Phi) is 6.33. The Morgan fingerprint density at radius 3 is 2.52 bits per heavy atom. The highest BCUT2D eigenvalue weighted by molar-refractivity contribution is 6.34. The number of nitrogens with zero attached hydrogens (tertiary/aromatic N) is 3. The summed E-state index contributed by atoms with van der Waals surface area (Å²) in [6.07, 6.45) is 0. The fraction of sp³-hybridized carbons (Fsp3) is 0.389.